The summed E-state index contributed by atoms with van der Waals surface area (Å²) in [6.45, 7) is 2.16. The number of aliphatic hydroxyl groups is 1. The van der Waals surface area contributed by atoms with Gasteiger partial charge in [-0.3, -0.25) is 4.79 Å². The van der Waals surface area contributed by atoms with Gasteiger partial charge in [0.05, 0.1) is 6.10 Å². The summed E-state index contributed by atoms with van der Waals surface area (Å²) in [5.74, 6) is -0.729. The molecule has 3 heteroatoms. The van der Waals surface area contributed by atoms with Gasteiger partial charge in [0.2, 0.25) is 0 Å². The van der Waals surface area contributed by atoms with Gasteiger partial charge in [0.25, 0.3) is 0 Å². The van der Waals surface area contributed by atoms with Crippen molar-refractivity contribution in [3.63, 3.8) is 0 Å². The second-order valence-electron chi connectivity index (χ2n) is 5.58. The highest BCUT2D eigenvalue weighted by atomic mass is 16.4. The Morgan fingerprint density at radius 1 is 0.957 bits per heavy atom. The molecule has 2 N–H and O–H groups in total. The summed E-state index contributed by atoms with van der Waals surface area (Å²) in [5.41, 5.74) is 0. The molecule has 0 saturated heterocycles. The maximum absolute atomic E-state index is 10.3. The van der Waals surface area contributed by atoms with E-state index in [-0.39, 0.29) is 12.5 Å². The fourth-order valence-corrected chi connectivity index (χ4v) is 1.98. The van der Waals surface area contributed by atoms with Crippen LogP contribution in [0.5, 0.6) is 0 Å². The molecule has 0 rings (SSSR count). The summed E-state index contributed by atoms with van der Waals surface area (Å²) in [6, 6.07) is 0. The van der Waals surface area contributed by atoms with Gasteiger partial charge in [-0.25, -0.2) is 0 Å². The molecule has 1 unspecified atom stereocenters. The number of hydrogen-bond acceptors (Lipinski definition) is 2. The van der Waals surface area contributed by atoms with Crippen LogP contribution in [-0.4, -0.2) is 22.3 Å². The van der Waals surface area contributed by atoms with E-state index in [9.17, 15) is 9.90 Å². The average Bonchev–Trinajstić information content (AvgIpc) is 2.51. The Morgan fingerprint density at radius 2 is 1.65 bits per heavy atom. The van der Waals surface area contributed by atoms with Crippen molar-refractivity contribution in [1.29, 1.82) is 0 Å². The molecule has 0 saturated carbocycles. The van der Waals surface area contributed by atoms with Crippen molar-refractivity contribution in [2.45, 2.75) is 70.8 Å². The number of carboxylic acid groups (broad SMARTS) is 1. The third-order valence-corrected chi connectivity index (χ3v) is 3.32. The molecule has 0 bridgehead atoms. The molecular weight excluding hydrogens is 288 g/mol. The molecule has 3 nitrogen and oxygen atoms in total. The Hall–Kier alpha value is -1.61. The van der Waals surface area contributed by atoms with Gasteiger partial charge < -0.3 is 10.2 Å². The van der Waals surface area contributed by atoms with Gasteiger partial charge in [0, 0.05) is 6.42 Å². The molecule has 23 heavy (non-hydrogen) atoms. The first-order valence-electron chi connectivity index (χ1n) is 8.70. The molecule has 0 aromatic carbocycles. The monoisotopic (exact) mass is 320 g/mol. The number of rotatable bonds is 14. The lowest BCUT2D eigenvalue weighted by Crippen LogP contribution is -2.00. The Bertz CT molecular complexity index is 392. The van der Waals surface area contributed by atoms with Crippen molar-refractivity contribution in [3.05, 3.63) is 48.6 Å². The van der Waals surface area contributed by atoms with Crippen LogP contribution < -0.4 is 0 Å². The largest absolute Gasteiger partial charge is 0.481 e. The first-order chi connectivity index (χ1) is 11.2. The van der Waals surface area contributed by atoms with Gasteiger partial charge in [-0.1, -0.05) is 74.8 Å². The molecule has 0 amide bonds. The van der Waals surface area contributed by atoms with E-state index >= 15 is 0 Å². The van der Waals surface area contributed by atoms with Crippen molar-refractivity contribution in [3.8, 4) is 0 Å². The van der Waals surface area contributed by atoms with E-state index in [4.69, 9.17) is 5.11 Å². The van der Waals surface area contributed by atoms with Crippen molar-refractivity contribution in [1.82, 2.24) is 0 Å². The summed E-state index contributed by atoms with van der Waals surface area (Å²) < 4.78 is 0. The van der Waals surface area contributed by atoms with Gasteiger partial charge >= 0.3 is 5.97 Å². The molecule has 0 heterocycles. The molecule has 0 aliphatic carbocycles. The van der Waals surface area contributed by atoms with Gasteiger partial charge in [-0.15, -0.1) is 0 Å². The van der Waals surface area contributed by atoms with Gasteiger partial charge in [0.15, 0.2) is 0 Å². The predicted molar refractivity (Wildman–Crippen MR) is 97.4 cm³/mol. The highest BCUT2D eigenvalue weighted by molar-refractivity contribution is 5.66. The number of aliphatic hydroxyl groups excluding tert-OH is 1. The second-order valence-corrected chi connectivity index (χ2v) is 5.58. The molecule has 0 aliphatic heterocycles. The van der Waals surface area contributed by atoms with E-state index in [0.29, 0.717) is 6.42 Å². The fraction of sp³-hybridized carbons (Fsp3) is 0.550. The van der Waals surface area contributed by atoms with E-state index < -0.39 is 5.97 Å². The van der Waals surface area contributed by atoms with Crippen LogP contribution in [0.3, 0.4) is 0 Å². The lowest BCUT2D eigenvalue weighted by molar-refractivity contribution is -0.137. The Kier molecular flexibility index (Phi) is 15.6. The summed E-state index contributed by atoms with van der Waals surface area (Å²) >= 11 is 0. The Balaban J connectivity index is 3.57. The van der Waals surface area contributed by atoms with Crippen LogP contribution in [0.4, 0.5) is 0 Å². The van der Waals surface area contributed by atoms with Crippen LogP contribution in [0.1, 0.15) is 64.7 Å². The topological polar surface area (TPSA) is 57.5 Å². The molecule has 0 aromatic heterocycles. The van der Waals surface area contributed by atoms with Crippen LogP contribution in [-0.2, 0) is 4.79 Å². The number of unbranched alkanes of at least 4 members (excludes halogenated alkanes) is 3. The van der Waals surface area contributed by atoms with Crippen LogP contribution in [0, 0.1) is 0 Å². The van der Waals surface area contributed by atoms with Crippen molar-refractivity contribution in [2.75, 3.05) is 0 Å². The van der Waals surface area contributed by atoms with Crippen molar-refractivity contribution < 1.29 is 15.0 Å². The molecule has 0 aliphatic rings. The number of carbonyl (C=O) groups is 1. The minimum absolute atomic E-state index is 0.242. The third kappa shape index (κ3) is 18.3. The maximum Gasteiger partial charge on any atom is 0.303 e. The molecule has 0 spiro atoms. The zero-order chi connectivity index (χ0) is 17.2. The maximum atomic E-state index is 10.3. The standard InChI is InChI=1S/C20H32O3/c1-2-3-13-16-19(21)17-14-11-9-7-5-4-6-8-10-12-15-18-20(22)23/h4-5,8-11,14,17,19,21H,2-3,6-7,12-13,15-16,18H2,1H3,(H,22,23)/b5-4-,10-8-,11-9-,17-14+. The van der Waals surface area contributed by atoms with E-state index in [2.05, 4.69) is 31.2 Å². The summed E-state index contributed by atoms with van der Waals surface area (Å²) in [6.07, 6.45) is 23.6. The molecule has 0 fully saturated rings. The smallest absolute Gasteiger partial charge is 0.303 e. The number of aliphatic carboxylic acids is 1. The quantitative estimate of drug-likeness (QED) is 0.263. The van der Waals surface area contributed by atoms with E-state index in [0.717, 1.165) is 32.1 Å². The van der Waals surface area contributed by atoms with E-state index in [1.165, 1.54) is 12.8 Å². The third-order valence-electron chi connectivity index (χ3n) is 3.32. The highest BCUT2D eigenvalue weighted by Gasteiger charge is 1.96. The number of allylic oxidation sites excluding steroid dienone is 7. The zero-order valence-corrected chi connectivity index (χ0v) is 14.4. The second kappa shape index (κ2) is 16.8. The van der Waals surface area contributed by atoms with Crippen LogP contribution in [0.15, 0.2) is 48.6 Å². The molecular formula is C20H32O3. The predicted octanol–water partition coefficient (Wildman–Crippen LogP) is 5.19. The molecule has 1 atom stereocenters. The lowest BCUT2D eigenvalue weighted by atomic mass is 10.1. The summed E-state index contributed by atoms with van der Waals surface area (Å²) in [4.78, 5) is 10.3. The average molecular weight is 320 g/mol. The molecule has 130 valence electrons. The van der Waals surface area contributed by atoms with Gasteiger partial charge in [-0.2, -0.15) is 0 Å². The first-order valence-corrected chi connectivity index (χ1v) is 8.70. The Morgan fingerprint density at radius 3 is 2.35 bits per heavy atom. The lowest BCUT2D eigenvalue weighted by Gasteiger charge is -2.02. The Labute approximate surface area is 141 Å². The summed E-state index contributed by atoms with van der Waals surface area (Å²) in [5, 5.41) is 18.2. The number of hydrogen-bond donors (Lipinski definition) is 2. The summed E-state index contributed by atoms with van der Waals surface area (Å²) in [7, 11) is 0. The van der Waals surface area contributed by atoms with E-state index in [1.807, 2.05) is 24.3 Å². The van der Waals surface area contributed by atoms with Crippen LogP contribution in [0.25, 0.3) is 0 Å². The SMILES string of the molecule is CCCCCC(O)/C=C/C=C\C/C=C\C/C=C\CCCC(=O)O. The van der Waals surface area contributed by atoms with Crippen molar-refractivity contribution >= 4 is 5.97 Å². The highest BCUT2D eigenvalue weighted by Crippen LogP contribution is 2.04. The minimum atomic E-state index is -0.729. The fourth-order valence-electron chi connectivity index (χ4n) is 1.98. The molecule has 0 radical (unpaired) electrons. The molecule has 0 aromatic rings. The van der Waals surface area contributed by atoms with E-state index in [1.54, 1.807) is 0 Å². The normalized spacial score (nSPS) is 13.8. The van der Waals surface area contributed by atoms with Crippen molar-refractivity contribution in [2.24, 2.45) is 0 Å². The van der Waals surface area contributed by atoms with Crippen LogP contribution >= 0.6 is 0 Å². The van der Waals surface area contributed by atoms with Gasteiger partial charge in [-0.05, 0) is 32.1 Å². The number of carboxylic acids is 1. The van der Waals surface area contributed by atoms with Gasteiger partial charge in [0.1, 0.15) is 0 Å². The zero-order valence-electron chi connectivity index (χ0n) is 14.4. The first kappa shape index (κ1) is 21.4. The minimum Gasteiger partial charge on any atom is -0.481 e. The van der Waals surface area contributed by atoms with Crippen LogP contribution in [0.2, 0.25) is 0 Å².